The Balaban J connectivity index is 3.91. The van der Waals surface area contributed by atoms with Crippen LogP contribution in [0.4, 0.5) is 0 Å². The number of hydrogen-bond acceptors (Lipinski definition) is 2. The van der Waals surface area contributed by atoms with E-state index >= 15 is 0 Å². The minimum Gasteiger partial charge on any atom is -0.316 e. The maximum absolute atomic E-state index is 3.54. The van der Waals surface area contributed by atoms with Crippen LogP contribution in [0.3, 0.4) is 0 Å². The van der Waals surface area contributed by atoms with Crippen LogP contribution in [0.1, 0.15) is 48.5 Å². The van der Waals surface area contributed by atoms with E-state index in [0.29, 0.717) is 17.4 Å². The number of nitrogens with one attached hydrogen (secondary N) is 1. The van der Waals surface area contributed by atoms with Crippen molar-refractivity contribution in [3.63, 3.8) is 0 Å². The third-order valence-corrected chi connectivity index (χ3v) is 3.56. The summed E-state index contributed by atoms with van der Waals surface area (Å²) in [4.78, 5) is 2.49. The zero-order chi connectivity index (χ0) is 13.6. The lowest BCUT2D eigenvalue weighted by Crippen LogP contribution is -2.43. The smallest absolute Gasteiger partial charge is 0.0112 e. The molecule has 2 nitrogen and oxygen atoms in total. The van der Waals surface area contributed by atoms with Crippen LogP contribution in [0, 0.1) is 17.3 Å². The van der Waals surface area contributed by atoms with Crippen molar-refractivity contribution < 1.29 is 0 Å². The molecule has 1 N–H and O–H groups in total. The molecule has 2 atom stereocenters. The van der Waals surface area contributed by atoms with E-state index in [1.807, 2.05) is 0 Å². The van der Waals surface area contributed by atoms with Crippen molar-refractivity contribution in [2.45, 2.75) is 54.5 Å². The molecule has 0 fully saturated rings. The first-order chi connectivity index (χ1) is 7.64. The van der Waals surface area contributed by atoms with E-state index in [4.69, 9.17) is 0 Å². The zero-order valence-corrected chi connectivity index (χ0v) is 13.3. The van der Waals surface area contributed by atoms with Crippen molar-refractivity contribution in [1.82, 2.24) is 10.2 Å². The lowest BCUT2D eigenvalue weighted by molar-refractivity contribution is 0.125. The molecular formula is C15H34N2. The largest absolute Gasteiger partial charge is 0.316 e. The molecule has 0 heterocycles. The summed E-state index contributed by atoms with van der Waals surface area (Å²) in [5.74, 6) is 1.46. The fourth-order valence-corrected chi connectivity index (χ4v) is 1.99. The summed E-state index contributed by atoms with van der Waals surface area (Å²) in [5, 5.41) is 3.54. The fraction of sp³-hybridized carbons (Fsp3) is 1.00. The van der Waals surface area contributed by atoms with Gasteiger partial charge >= 0.3 is 0 Å². The van der Waals surface area contributed by atoms with Gasteiger partial charge in [-0.1, -0.05) is 41.5 Å². The summed E-state index contributed by atoms with van der Waals surface area (Å²) in [5.41, 5.74) is 0.361. The van der Waals surface area contributed by atoms with E-state index in [1.54, 1.807) is 0 Å². The van der Waals surface area contributed by atoms with Crippen molar-refractivity contribution in [3.8, 4) is 0 Å². The zero-order valence-electron chi connectivity index (χ0n) is 13.3. The summed E-state index contributed by atoms with van der Waals surface area (Å²) < 4.78 is 0. The molecule has 0 saturated heterocycles. The van der Waals surface area contributed by atoms with Crippen LogP contribution in [0.25, 0.3) is 0 Å². The van der Waals surface area contributed by atoms with E-state index < -0.39 is 0 Å². The SMILES string of the molecule is CC(C)CNCC(C)CN(C)C(C)C(C)(C)C. The minimum atomic E-state index is 0.361. The van der Waals surface area contributed by atoms with Gasteiger partial charge in [-0.3, -0.25) is 0 Å². The molecule has 0 aliphatic carbocycles. The molecule has 0 aromatic carbocycles. The monoisotopic (exact) mass is 242 g/mol. The molecule has 0 aliphatic heterocycles. The minimum absolute atomic E-state index is 0.361. The average Bonchev–Trinajstić information content (AvgIpc) is 2.14. The molecule has 0 radical (unpaired) electrons. The molecule has 2 unspecified atom stereocenters. The van der Waals surface area contributed by atoms with Gasteiger partial charge in [0.2, 0.25) is 0 Å². The molecule has 0 rings (SSSR count). The van der Waals surface area contributed by atoms with Crippen molar-refractivity contribution in [2.75, 3.05) is 26.7 Å². The third-order valence-electron chi connectivity index (χ3n) is 3.56. The van der Waals surface area contributed by atoms with Gasteiger partial charge in [-0.05, 0) is 44.3 Å². The predicted octanol–water partition coefficient (Wildman–Crippen LogP) is 3.23. The molecule has 0 saturated carbocycles. The first-order valence-electron chi connectivity index (χ1n) is 7.05. The Hall–Kier alpha value is -0.0800. The van der Waals surface area contributed by atoms with E-state index in [2.05, 4.69) is 65.7 Å². The van der Waals surface area contributed by atoms with Crippen LogP contribution < -0.4 is 5.32 Å². The molecule has 0 aromatic rings. The number of nitrogens with zero attached hydrogens (tertiary/aromatic N) is 1. The molecule has 0 amide bonds. The van der Waals surface area contributed by atoms with Crippen LogP contribution >= 0.6 is 0 Å². The Morgan fingerprint density at radius 2 is 1.53 bits per heavy atom. The van der Waals surface area contributed by atoms with Gasteiger partial charge in [0, 0.05) is 12.6 Å². The summed E-state index contributed by atoms with van der Waals surface area (Å²) in [6.07, 6.45) is 0. The van der Waals surface area contributed by atoms with Crippen LogP contribution in [-0.2, 0) is 0 Å². The predicted molar refractivity (Wildman–Crippen MR) is 78.4 cm³/mol. The van der Waals surface area contributed by atoms with Gasteiger partial charge in [0.05, 0.1) is 0 Å². The van der Waals surface area contributed by atoms with Gasteiger partial charge in [-0.15, -0.1) is 0 Å². The maximum atomic E-state index is 3.54. The second-order valence-corrected chi connectivity index (χ2v) is 7.14. The van der Waals surface area contributed by atoms with E-state index in [9.17, 15) is 0 Å². The lowest BCUT2D eigenvalue weighted by Gasteiger charge is -2.36. The van der Waals surface area contributed by atoms with Crippen LogP contribution in [-0.4, -0.2) is 37.6 Å². The molecule has 17 heavy (non-hydrogen) atoms. The van der Waals surface area contributed by atoms with Crippen molar-refractivity contribution in [2.24, 2.45) is 17.3 Å². The Kier molecular flexibility index (Phi) is 7.34. The third kappa shape index (κ3) is 7.77. The second-order valence-electron chi connectivity index (χ2n) is 7.14. The van der Waals surface area contributed by atoms with Gasteiger partial charge in [-0.2, -0.15) is 0 Å². The Morgan fingerprint density at radius 3 is 1.94 bits per heavy atom. The van der Waals surface area contributed by atoms with Gasteiger partial charge < -0.3 is 10.2 Å². The number of rotatable bonds is 7. The topological polar surface area (TPSA) is 15.3 Å². The lowest BCUT2D eigenvalue weighted by atomic mass is 9.87. The molecule has 0 bridgehead atoms. The normalized spacial score (nSPS) is 16.6. The maximum Gasteiger partial charge on any atom is 0.0112 e. The second kappa shape index (κ2) is 7.38. The first kappa shape index (κ1) is 16.9. The number of hydrogen-bond donors (Lipinski definition) is 1. The highest BCUT2D eigenvalue weighted by molar-refractivity contribution is 4.78. The first-order valence-corrected chi connectivity index (χ1v) is 7.05. The fourth-order valence-electron chi connectivity index (χ4n) is 1.99. The van der Waals surface area contributed by atoms with Gasteiger partial charge in [0.15, 0.2) is 0 Å². The Bertz CT molecular complexity index is 194. The standard InChI is InChI=1S/C15H34N2/c1-12(2)9-16-10-13(3)11-17(8)14(4)15(5,6)7/h12-14,16H,9-11H2,1-8H3. The highest BCUT2D eigenvalue weighted by Gasteiger charge is 2.24. The summed E-state index contributed by atoms with van der Waals surface area (Å²) >= 11 is 0. The van der Waals surface area contributed by atoms with Gasteiger partial charge in [0.25, 0.3) is 0 Å². The molecular weight excluding hydrogens is 208 g/mol. The van der Waals surface area contributed by atoms with E-state index in [0.717, 1.165) is 19.0 Å². The van der Waals surface area contributed by atoms with Gasteiger partial charge in [0.1, 0.15) is 0 Å². The molecule has 0 aliphatic rings. The summed E-state index contributed by atoms with van der Waals surface area (Å²) in [6, 6.07) is 0.620. The van der Waals surface area contributed by atoms with Crippen LogP contribution in [0.5, 0.6) is 0 Å². The highest BCUT2D eigenvalue weighted by atomic mass is 15.1. The molecule has 104 valence electrons. The van der Waals surface area contributed by atoms with Crippen molar-refractivity contribution in [3.05, 3.63) is 0 Å². The molecule has 2 heteroatoms. The van der Waals surface area contributed by atoms with Crippen LogP contribution in [0.2, 0.25) is 0 Å². The van der Waals surface area contributed by atoms with Crippen molar-refractivity contribution in [1.29, 1.82) is 0 Å². The van der Waals surface area contributed by atoms with E-state index in [-0.39, 0.29) is 0 Å². The Labute approximate surface area is 109 Å². The van der Waals surface area contributed by atoms with E-state index in [1.165, 1.54) is 6.54 Å². The molecule has 0 aromatic heterocycles. The van der Waals surface area contributed by atoms with Crippen molar-refractivity contribution >= 4 is 0 Å². The quantitative estimate of drug-likeness (QED) is 0.737. The summed E-state index contributed by atoms with van der Waals surface area (Å²) in [7, 11) is 2.24. The summed E-state index contributed by atoms with van der Waals surface area (Å²) in [6.45, 7) is 19.5. The Morgan fingerprint density at radius 1 is 1.00 bits per heavy atom. The van der Waals surface area contributed by atoms with Crippen LogP contribution in [0.15, 0.2) is 0 Å². The highest BCUT2D eigenvalue weighted by Crippen LogP contribution is 2.23. The van der Waals surface area contributed by atoms with Gasteiger partial charge in [-0.25, -0.2) is 0 Å². The average molecular weight is 242 g/mol. The molecule has 0 spiro atoms.